The zero-order valence-electron chi connectivity index (χ0n) is 17.7. The highest BCUT2D eigenvalue weighted by atomic mass is 16.5. The molecular formula is C24H30N2O4. The first kappa shape index (κ1) is 21.8. The number of ether oxygens (including phenoxy) is 2. The molecule has 0 aromatic heterocycles. The van der Waals surface area contributed by atoms with E-state index in [0.717, 1.165) is 37.1 Å². The molecule has 2 aromatic rings. The van der Waals surface area contributed by atoms with Crippen molar-refractivity contribution in [1.82, 2.24) is 10.2 Å². The summed E-state index contributed by atoms with van der Waals surface area (Å²) in [6.07, 6.45) is 2.81. The van der Waals surface area contributed by atoms with Crippen molar-refractivity contribution in [3.63, 3.8) is 0 Å². The van der Waals surface area contributed by atoms with E-state index < -0.39 is 0 Å². The van der Waals surface area contributed by atoms with Crippen LogP contribution < -0.4 is 10.1 Å². The summed E-state index contributed by atoms with van der Waals surface area (Å²) in [4.78, 5) is 26.9. The lowest BCUT2D eigenvalue weighted by Crippen LogP contribution is -2.32. The minimum atomic E-state index is -0.214. The van der Waals surface area contributed by atoms with Gasteiger partial charge in [-0.3, -0.25) is 9.59 Å². The van der Waals surface area contributed by atoms with Crippen LogP contribution in [-0.4, -0.2) is 43.5 Å². The molecule has 1 aliphatic rings. The van der Waals surface area contributed by atoms with Gasteiger partial charge in [-0.05, 0) is 43.0 Å². The van der Waals surface area contributed by atoms with Crippen molar-refractivity contribution >= 4 is 11.8 Å². The van der Waals surface area contributed by atoms with Crippen LogP contribution in [0.3, 0.4) is 0 Å². The van der Waals surface area contributed by atoms with Crippen molar-refractivity contribution < 1.29 is 19.1 Å². The molecule has 1 N–H and O–H groups in total. The van der Waals surface area contributed by atoms with E-state index in [1.165, 1.54) is 0 Å². The number of likely N-dealkylation sites (tertiary alicyclic amines) is 1. The molecule has 6 nitrogen and oxygen atoms in total. The third-order valence-corrected chi connectivity index (χ3v) is 5.35. The van der Waals surface area contributed by atoms with E-state index in [1.807, 2.05) is 48.2 Å². The third kappa shape index (κ3) is 5.60. The summed E-state index contributed by atoms with van der Waals surface area (Å²) in [6.45, 7) is 4.16. The van der Waals surface area contributed by atoms with Gasteiger partial charge >= 0.3 is 0 Å². The number of benzene rings is 2. The number of hydrogen-bond acceptors (Lipinski definition) is 4. The zero-order valence-corrected chi connectivity index (χ0v) is 17.7. The molecule has 0 bridgehead atoms. The van der Waals surface area contributed by atoms with Crippen LogP contribution in [0.5, 0.6) is 5.75 Å². The van der Waals surface area contributed by atoms with Crippen molar-refractivity contribution in [2.24, 2.45) is 0 Å². The van der Waals surface area contributed by atoms with Crippen LogP contribution >= 0.6 is 0 Å². The minimum Gasteiger partial charge on any atom is -0.483 e. The standard InChI is InChI=1S/C24H30N2O4/c1-3-21(25-24(28)19-12-10-18(11-13-19)16-29-2)20-8-4-5-9-22(20)30-17-23(27)26-14-6-7-15-26/h4-5,8-13,21H,3,6-7,14-17H2,1-2H3,(H,25,28). The lowest BCUT2D eigenvalue weighted by atomic mass is 10.0. The van der Waals surface area contributed by atoms with Crippen LogP contribution in [0.2, 0.25) is 0 Å². The molecule has 2 aromatic carbocycles. The SMILES string of the molecule is CCC(NC(=O)c1ccc(COC)cc1)c1ccccc1OCC(=O)N1CCCC1. The van der Waals surface area contributed by atoms with E-state index in [0.29, 0.717) is 24.3 Å². The summed E-state index contributed by atoms with van der Waals surface area (Å²) in [5, 5.41) is 3.09. The van der Waals surface area contributed by atoms with E-state index in [1.54, 1.807) is 19.2 Å². The zero-order chi connectivity index (χ0) is 21.3. The van der Waals surface area contributed by atoms with Crippen LogP contribution in [-0.2, 0) is 16.1 Å². The maximum atomic E-state index is 12.8. The molecule has 1 aliphatic heterocycles. The van der Waals surface area contributed by atoms with Crippen molar-refractivity contribution in [3.05, 3.63) is 65.2 Å². The van der Waals surface area contributed by atoms with Crippen molar-refractivity contribution in [1.29, 1.82) is 0 Å². The molecule has 1 fully saturated rings. The highest BCUT2D eigenvalue weighted by Gasteiger charge is 2.21. The van der Waals surface area contributed by atoms with Gasteiger partial charge in [-0.2, -0.15) is 0 Å². The molecule has 1 unspecified atom stereocenters. The number of nitrogens with zero attached hydrogens (tertiary/aromatic N) is 1. The fraction of sp³-hybridized carbons (Fsp3) is 0.417. The molecule has 1 saturated heterocycles. The van der Waals surface area contributed by atoms with Gasteiger partial charge in [0, 0.05) is 31.3 Å². The Kier molecular flexibility index (Phi) is 7.85. The van der Waals surface area contributed by atoms with Crippen molar-refractivity contribution in [2.75, 3.05) is 26.8 Å². The summed E-state index contributed by atoms with van der Waals surface area (Å²) in [5.74, 6) is 0.497. The molecule has 0 radical (unpaired) electrons. The number of hydrogen-bond donors (Lipinski definition) is 1. The first-order valence-electron chi connectivity index (χ1n) is 10.5. The number of amides is 2. The monoisotopic (exact) mass is 410 g/mol. The van der Waals surface area contributed by atoms with Gasteiger partial charge in [0.05, 0.1) is 12.6 Å². The lowest BCUT2D eigenvalue weighted by molar-refractivity contribution is -0.132. The maximum Gasteiger partial charge on any atom is 0.260 e. The van der Waals surface area contributed by atoms with Gasteiger partial charge in [0.2, 0.25) is 0 Å². The molecule has 6 heteroatoms. The number of rotatable bonds is 9. The molecule has 0 saturated carbocycles. The summed E-state index contributed by atoms with van der Waals surface area (Å²) in [6, 6.07) is 14.7. The third-order valence-electron chi connectivity index (χ3n) is 5.35. The second kappa shape index (κ2) is 10.8. The quantitative estimate of drug-likeness (QED) is 0.684. The molecule has 160 valence electrons. The minimum absolute atomic E-state index is 0.00976. The topological polar surface area (TPSA) is 67.9 Å². The Bertz CT molecular complexity index is 845. The van der Waals surface area contributed by atoms with Gasteiger partial charge in [0.25, 0.3) is 11.8 Å². The molecule has 1 heterocycles. The number of nitrogens with one attached hydrogen (secondary N) is 1. The van der Waals surface area contributed by atoms with Crippen LogP contribution in [0, 0.1) is 0 Å². The summed E-state index contributed by atoms with van der Waals surface area (Å²) in [5.41, 5.74) is 2.48. The summed E-state index contributed by atoms with van der Waals surface area (Å²) < 4.78 is 11.0. The normalized spacial score (nSPS) is 14.4. The van der Waals surface area contributed by atoms with Crippen molar-refractivity contribution in [3.8, 4) is 5.75 Å². The largest absolute Gasteiger partial charge is 0.483 e. The van der Waals surface area contributed by atoms with Crippen molar-refractivity contribution in [2.45, 2.75) is 38.8 Å². The summed E-state index contributed by atoms with van der Waals surface area (Å²) >= 11 is 0. The second-order valence-electron chi connectivity index (χ2n) is 7.48. The maximum absolute atomic E-state index is 12.8. The lowest BCUT2D eigenvalue weighted by Gasteiger charge is -2.22. The number of methoxy groups -OCH3 is 1. The predicted octanol–water partition coefficient (Wildman–Crippen LogP) is 3.72. The smallest absolute Gasteiger partial charge is 0.260 e. The van der Waals surface area contributed by atoms with E-state index in [2.05, 4.69) is 5.32 Å². The Morgan fingerprint density at radius 2 is 1.77 bits per heavy atom. The average molecular weight is 411 g/mol. The first-order chi connectivity index (χ1) is 14.6. The molecule has 1 atom stereocenters. The molecule has 2 amide bonds. The predicted molar refractivity (Wildman–Crippen MR) is 115 cm³/mol. The second-order valence-corrected chi connectivity index (χ2v) is 7.48. The van der Waals surface area contributed by atoms with E-state index >= 15 is 0 Å². The Morgan fingerprint density at radius 3 is 2.43 bits per heavy atom. The Balaban J connectivity index is 1.66. The summed E-state index contributed by atoms with van der Waals surface area (Å²) in [7, 11) is 1.64. The molecule has 30 heavy (non-hydrogen) atoms. The van der Waals surface area contributed by atoms with Gasteiger partial charge in [-0.25, -0.2) is 0 Å². The van der Waals surface area contributed by atoms with Gasteiger partial charge in [0.1, 0.15) is 5.75 Å². The molecular weight excluding hydrogens is 380 g/mol. The van der Waals surface area contributed by atoms with E-state index in [-0.39, 0.29) is 24.5 Å². The van der Waals surface area contributed by atoms with E-state index in [4.69, 9.17) is 9.47 Å². The molecule has 0 aliphatic carbocycles. The molecule has 0 spiro atoms. The van der Waals surface area contributed by atoms with Gasteiger partial charge in [-0.1, -0.05) is 37.3 Å². The van der Waals surface area contributed by atoms with Gasteiger partial charge in [0.15, 0.2) is 6.61 Å². The van der Waals surface area contributed by atoms with Crippen LogP contribution in [0.4, 0.5) is 0 Å². The Hall–Kier alpha value is -2.86. The highest BCUT2D eigenvalue weighted by molar-refractivity contribution is 5.94. The molecule has 3 rings (SSSR count). The fourth-order valence-electron chi connectivity index (χ4n) is 3.66. The Labute approximate surface area is 178 Å². The van der Waals surface area contributed by atoms with Gasteiger partial charge in [-0.15, -0.1) is 0 Å². The number of para-hydroxylation sites is 1. The highest BCUT2D eigenvalue weighted by Crippen LogP contribution is 2.27. The van der Waals surface area contributed by atoms with Crippen LogP contribution in [0.25, 0.3) is 0 Å². The number of carbonyl (C=O) groups is 2. The van der Waals surface area contributed by atoms with Crippen LogP contribution in [0.1, 0.15) is 53.7 Å². The average Bonchev–Trinajstić information content (AvgIpc) is 3.32. The Morgan fingerprint density at radius 1 is 1.07 bits per heavy atom. The van der Waals surface area contributed by atoms with Crippen LogP contribution in [0.15, 0.2) is 48.5 Å². The van der Waals surface area contributed by atoms with Gasteiger partial charge < -0.3 is 19.7 Å². The van der Waals surface area contributed by atoms with E-state index in [9.17, 15) is 9.59 Å². The number of carbonyl (C=O) groups excluding carboxylic acids is 2. The fourth-order valence-corrected chi connectivity index (χ4v) is 3.66. The first-order valence-corrected chi connectivity index (χ1v) is 10.5.